The van der Waals surface area contributed by atoms with E-state index in [1.54, 1.807) is 6.07 Å². The topological polar surface area (TPSA) is 94.1 Å². The van der Waals surface area contributed by atoms with Gasteiger partial charge in [0.05, 0.1) is 18.4 Å². The Bertz CT molecular complexity index is 780. The predicted octanol–water partition coefficient (Wildman–Crippen LogP) is 2.31. The Morgan fingerprint density at radius 1 is 1.50 bits per heavy atom. The fourth-order valence-corrected chi connectivity index (χ4v) is 2.69. The highest BCUT2D eigenvalue weighted by Crippen LogP contribution is 2.34. The minimum Gasteiger partial charge on any atom is -0.372 e. The smallest absolute Gasteiger partial charge is 0.372 e. The summed E-state index contributed by atoms with van der Waals surface area (Å²) in [6.45, 7) is 0.545. The quantitative estimate of drug-likeness (QED) is 0.840. The van der Waals surface area contributed by atoms with Crippen molar-refractivity contribution in [2.75, 3.05) is 19.0 Å². The SMILES string of the molecule is CO[C@H](c1cc(C(=O)Nc2cc([C@H]3C[CH]CO3)[nH]n2)n(C)n1)C(F)(F)F. The van der Waals surface area contributed by atoms with E-state index in [1.807, 2.05) is 6.42 Å². The van der Waals surface area contributed by atoms with E-state index in [-0.39, 0.29) is 17.6 Å². The lowest BCUT2D eigenvalue weighted by Crippen LogP contribution is -2.23. The average molecular weight is 372 g/mol. The molecule has 11 heteroatoms. The Morgan fingerprint density at radius 3 is 2.88 bits per heavy atom. The number of methoxy groups -OCH3 is 1. The standard InChI is InChI=1S/C15H17F3N5O3/c1-23-10(6-9(22-23)13(25-2)15(16,17)18)14(24)19-12-7-8(20-21-12)11-4-3-5-26-11/h3,6-7,11,13H,4-5H2,1-2H3,(H2,19,20,21,24)/t11-,13-/m1/s1. The molecule has 1 saturated heterocycles. The third-order valence-corrected chi connectivity index (χ3v) is 3.92. The van der Waals surface area contributed by atoms with E-state index in [2.05, 4.69) is 25.3 Å². The molecule has 2 N–H and O–H groups in total. The van der Waals surface area contributed by atoms with Crippen molar-refractivity contribution in [1.29, 1.82) is 0 Å². The van der Waals surface area contributed by atoms with Gasteiger partial charge in [-0.2, -0.15) is 23.4 Å². The van der Waals surface area contributed by atoms with Crippen molar-refractivity contribution in [3.8, 4) is 0 Å². The molecule has 2 aromatic heterocycles. The number of amides is 1. The molecule has 26 heavy (non-hydrogen) atoms. The van der Waals surface area contributed by atoms with E-state index >= 15 is 0 Å². The number of carbonyl (C=O) groups excluding carboxylic acids is 1. The third-order valence-electron chi connectivity index (χ3n) is 3.92. The molecule has 1 aliphatic heterocycles. The maximum Gasteiger partial charge on any atom is 0.420 e. The number of nitrogens with zero attached hydrogens (tertiary/aromatic N) is 3. The van der Waals surface area contributed by atoms with Gasteiger partial charge in [0.1, 0.15) is 11.4 Å². The highest BCUT2D eigenvalue weighted by atomic mass is 19.4. The Morgan fingerprint density at radius 2 is 2.27 bits per heavy atom. The monoisotopic (exact) mass is 372 g/mol. The molecule has 1 amide bonds. The number of nitrogens with one attached hydrogen (secondary N) is 2. The van der Waals surface area contributed by atoms with Gasteiger partial charge in [-0.05, 0) is 18.9 Å². The minimum atomic E-state index is -4.63. The van der Waals surface area contributed by atoms with Crippen molar-refractivity contribution in [1.82, 2.24) is 20.0 Å². The normalized spacial score (nSPS) is 18.9. The van der Waals surface area contributed by atoms with Crippen LogP contribution in [-0.2, 0) is 16.5 Å². The summed E-state index contributed by atoms with van der Waals surface area (Å²) in [6.07, 6.45) is -4.27. The molecular weight excluding hydrogens is 355 g/mol. The molecule has 8 nitrogen and oxygen atoms in total. The van der Waals surface area contributed by atoms with Gasteiger partial charge in [0.2, 0.25) is 0 Å². The Labute approximate surface area is 146 Å². The van der Waals surface area contributed by atoms with Gasteiger partial charge in [0.15, 0.2) is 11.9 Å². The maximum absolute atomic E-state index is 12.9. The van der Waals surface area contributed by atoms with E-state index in [1.165, 1.54) is 7.05 Å². The Hall–Kier alpha value is -2.40. The zero-order chi connectivity index (χ0) is 18.9. The third kappa shape index (κ3) is 3.73. The van der Waals surface area contributed by atoms with E-state index in [9.17, 15) is 18.0 Å². The lowest BCUT2D eigenvalue weighted by molar-refractivity contribution is -0.217. The maximum atomic E-state index is 12.9. The lowest BCUT2D eigenvalue weighted by Gasteiger charge is -2.15. The van der Waals surface area contributed by atoms with E-state index in [0.717, 1.165) is 24.3 Å². The van der Waals surface area contributed by atoms with Crippen LogP contribution in [0.4, 0.5) is 19.0 Å². The number of aromatic amines is 1. The number of aryl methyl sites for hydroxylation is 1. The highest BCUT2D eigenvalue weighted by Gasteiger charge is 2.43. The molecule has 1 radical (unpaired) electrons. The summed E-state index contributed by atoms with van der Waals surface area (Å²) in [7, 11) is 2.31. The summed E-state index contributed by atoms with van der Waals surface area (Å²) >= 11 is 0. The largest absolute Gasteiger partial charge is 0.420 e. The van der Waals surface area contributed by atoms with Crippen LogP contribution >= 0.6 is 0 Å². The van der Waals surface area contributed by atoms with Gasteiger partial charge < -0.3 is 14.8 Å². The second-order valence-corrected chi connectivity index (χ2v) is 5.74. The van der Waals surface area contributed by atoms with Crippen LogP contribution in [0.25, 0.3) is 0 Å². The summed E-state index contributed by atoms with van der Waals surface area (Å²) in [5.41, 5.74) is 0.253. The van der Waals surface area contributed by atoms with Crippen molar-refractivity contribution in [2.24, 2.45) is 7.05 Å². The molecule has 0 aromatic carbocycles. The molecule has 2 atom stereocenters. The first-order valence-corrected chi connectivity index (χ1v) is 7.73. The molecule has 2 aromatic rings. The summed E-state index contributed by atoms with van der Waals surface area (Å²) in [5, 5.41) is 13.0. The van der Waals surface area contributed by atoms with Crippen molar-refractivity contribution >= 4 is 11.7 Å². The number of H-pyrrole nitrogens is 1. The number of carbonyl (C=O) groups is 1. The summed E-state index contributed by atoms with van der Waals surface area (Å²) in [6, 6.07) is 2.66. The van der Waals surface area contributed by atoms with Gasteiger partial charge in [-0.3, -0.25) is 14.6 Å². The highest BCUT2D eigenvalue weighted by molar-refractivity contribution is 6.02. The van der Waals surface area contributed by atoms with Gasteiger partial charge in [-0.25, -0.2) is 0 Å². The molecule has 0 unspecified atom stereocenters. The van der Waals surface area contributed by atoms with E-state index in [4.69, 9.17) is 4.74 Å². The van der Waals surface area contributed by atoms with Crippen molar-refractivity contribution in [3.63, 3.8) is 0 Å². The second-order valence-electron chi connectivity index (χ2n) is 5.74. The summed E-state index contributed by atoms with van der Waals surface area (Å²) in [5.74, 6) is -0.400. The lowest BCUT2D eigenvalue weighted by atomic mass is 10.2. The molecule has 0 bridgehead atoms. The van der Waals surface area contributed by atoms with Gasteiger partial charge in [-0.15, -0.1) is 0 Å². The fraction of sp³-hybridized carbons (Fsp3) is 0.467. The summed E-state index contributed by atoms with van der Waals surface area (Å²) in [4.78, 5) is 12.4. The number of hydrogen-bond acceptors (Lipinski definition) is 5. The molecule has 3 heterocycles. The number of hydrogen-bond donors (Lipinski definition) is 2. The average Bonchev–Trinajstić information content (AvgIpc) is 3.26. The molecule has 141 valence electrons. The van der Waals surface area contributed by atoms with Crippen LogP contribution in [0.3, 0.4) is 0 Å². The van der Waals surface area contributed by atoms with Crippen LogP contribution in [0, 0.1) is 6.42 Å². The molecule has 0 saturated carbocycles. The van der Waals surface area contributed by atoms with Crippen LogP contribution in [0.5, 0.6) is 0 Å². The number of ether oxygens (including phenoxy) is 2. The molecule has 0 aliphatic carbocycles. The van der Waals surface area contributed by atoms with Crippen molar-refractivity contribution < 1.29 is 27.4 Å². The first-order chi connectivity index (χ1) is 12.3. The van der Waals surface area contributed by atoms with Crippen molar-refractivity contribution in [3.05, 3.63) is 35.6 Å². The minimum absolute atomic E-state index is 0.0544. The first kappa shape index (κ1) is 18.4. The second kappa shape index (κ2) is 7.08. The van der Waals surface area contributed by atoms with Crippen LogP contribution in [-0.4, -0.2) is 45.8 Å². The first-order valence-electron chi connectivity index (χ1n) is 7.73. The van der Waals surface area contributed by atoms with Gasteiger partial charge >= 0.3 is 6.18 Å². The zero-order valence-electron chi connectivity index (χ0n) is 14.0. The number of rotatable bonds is 5. The van der Waals surface area contributed by atoms with E-state index < -0.39 is 23.9 Å². The Kier molecular flexibility index (Phi) is 5.01. The van der Waals surface area contributed by atoms with E-state index in [0.29, 0.717) is 12.3 Å². The van der Waals surface area contributed by atoms with Gasteiger partial charge in [-0.1, -0.05) is 0 Å². The molecular formula is C15H17F3N5O3. The van der Waals surface area contributed by atoms with Crippen LogP contribution in [0.15, 0.2) is 12.1 Å². The number of halogens is 3. The van der Waals surface area contributed by atoms with Gasteiger partial charge in [0, 0.05) is 20.2 Å². The number of aromatic nitrogens is 4. The van der Waals surface area contributed by atoms with Crippen molar-refractivity contribution in [2.45, 2.75) is 24.8 Å². The fourth-order valence-electron chi connectivity index (χ4n) is 2.69. The zero-order valence-corrected chi connectivity index (χ0v) is 14.0. The Balaban J connectivity index is 1.74. The molecule has 1 fully saturated rings. The summed E-state index contributed by atoms with van der Waals surface area (Å²) < 4.78 is 49.8. The predicted molar refractivity (Wildman–Crippen MR) is 83.2 cm³/mol. The van der Waals surface area contributed by atoms with Crippen LogP contribution < -0.4 is 5.32 Å². The molecule has 1 aliphatic rings. The van der Waals surface area contributed by atoms with Crippen LogP contribution in [0.2, 0.25) is 0 Å². The molecule has 0 spiro atoms. The van der Waals surface area contributed by atoms with Gasteiger partial charge in [0.25, 0.3) is 5.91 Å². The number of alkyl halides is 3. The molecule has 3 rings (SSSR count). The van der Waals surface area contributed by atoms with Crippen LogP contribution in [0.1, 0.15) is 40.5 Å². The number of anilines is 1.